The van der Waals surface area contributed by atoms with Gasteiger partial charge in [0.1, 0.15) is 0 Å². The predicted molar refractivity (Wildman–Crippen MR) is 76.2 cm³/mol. The van der Waals surface area contributed by atoms with Gasteiger partial charge in [-0.2, -0.15) is 5.10 Å². The van der Waals surface area contributed by atoms with E-state index in [0.29, 0.717) is 13.0 Å². The van der Waals surface area contributed by atoms with Crippen LogP contribution in [0.2, 0.25) is 0 Å². The van der Waals surface area contributed by atoms with Crippen LogP contribution in [0.1, 0.15) is 23.4 Å². The van der Waals surface area contributed by atoms with Gasteiger partial charge in [-0.15, -0.1) is 0 Å². The maximum atomic E-state index is 11.9. The Morgan fingerprint density at radius 3 is 2.80 bits per heavy atom. The van der Waals surface area contributed by atoms with Gasteiger partial charge in [0.25, 0.3) is 0 Å². The normalized spacial score (nSPS) is 10.8. The van der Waals surface area contributed by atoms with Crippen LogP contribution in [0.5, 0.6) is 0 Å². The summed E-state index contributed by atoms with van der Waals surface area (Å²) in [5.41, 5.74) is 3.01. The maximum Gasteiger partial charge on any atom is 0.224 e. The fourth-order valence-electron chi connectivity index (χ4n) is 2.20. The Bertz CT molecular complexity index is 571. The van der Waals surface area contributed by atoms with Crippen LogP contribution in [0.4, 0.5) is 0 Å². The van der Waals surface area contributed by atoms with Crippen molar-refractivity contribution < 1.29 is 4.79 Å². The van der Waals surface area contributed by atoms with Crippen LogP contribution >= 0.6 is 0 Å². The lowest BCUT2D eigenvalue weighted by atomic mass is 10.1. The highest BCUT2D eigenvalue weighted by Gasteiger charge is 2.12. The Morgan fingerprint density at radius 1 is 1.40 bits per heavy atom. The number of imidazole rings is 1. The molecule has 108 valence electrons. The maximum absolute atomic E-state index is 11.9. The van der Waals surface area contributed by atoms with Crippen molar-refractivity contribution in [2.75, 3.05) is 6.54 Å². The highest BCUT2D eigenvalue weighted by Crippen LogP contribution is 2.12. The highest BCUT2D eigenvalue weighted by molar-refractivity contribution is 5.79. The van der Waals surface area contributed by atoms with E-state index in [-0.39, 0.29) is 5.91 Å². The van der Waals surface area contributed by atoms with Crippen LogP contribution in [-0.4, -0.2) is 31.8 Å². The monoisotopic (exact) mass is 275 g/mol. The zero-order valence-electron chi connectivity index (χ0n) is 12.3. The van der Waals surface area contributed by atoms with Crippen molar-refractivity contribution in [3.8, 4) is 0 Å². The van der Waals surface area contributed by atoms with E-state index in [9.17, 15) is 4.79 Å². The second kappa shape index (κ2) is 6.36. The first-order valence-electron chi connectivity index (χ1n) is 6.79. The quantitative estimate of drug-likeness (QED) is 0.799. The van der Waals surface area contributed by atoms with E-state index >= 15 is 0 Å². The van der Waals surface area contributed by atoms with Gasteiger partial charge >= 0.3 is 0 Å². The third-order valence-electron chi connectivity index (χ3n) is 3.47. The summed E-state index contributed by atoms with van der Waals surface area (Å²) in [5, 5.41) is 7.27. The molecule has 0 fully saturated rings. The Morgan fingerprint density at radius 2 is 2.20 bits per heavy atom. The molecule has 6 nitrogen and oxygen atoms in total. The number of amides is 1. The summed E-state index contributed by atoms with van der Waals surface area (Å²) >= 11 is 0. The van der Waals surface area contributed by atoms with E-state index in [1.807, 2.05) is 36.3 Å². The summed E-state index contributed by atoms with van der Waals surface area (Å²) in [5.74, 6) is 0.0508. The molecule has 2 aromatic heterocycles. The minimum absolute atomic E-state index is 0.0508. The molecule has 1 N–H and O–H groups in total. The fraction of sp³-hybridized carbons (Fsp3) is 0.500. The van der Waals surface area contributed by atoms with Crippen LogP contribution in [0.15, 0.2) is 18.7 Å². The summed E-state index contributed by atoms with van der Waals surface area (Å²) < 4.78 is 3.82. The van der Waals surface area contributed by atoms with Crippen molar-refractivity contribution in [1.82, 2.24) is 24.6 Å². The number of nitrogens with one attached hydrogen (secondary N) is 1. The van der Waals surface area contributed by atoms with Gasteiger partial charge < -0.3 is 9.88 Å². The lowest BCUT2D eigenvalue weighted by molar-refractivity contribution is -0.120. The van der Waals surface area contributed by atoms with Crippen LogP contribution in [-0.2, 0) is 24.8 Å². The van der Waals surface area contributed by atoms with Crippen molar-refractivity contribution in [2.24, 2.45) is 7.05 Å². The summed E-state index contributed by atoms with van der Waals surface area (Å²) in [4.78, 5) is 15.9. The molecule has 0 bridgehead atoms. The molecule has 0 saturated heterocycles. The number of carbonyl (C=O) groups is 1. The molecule has 0 aliphatic rings. The molecular formula is C14H21N5O. The number of aromatic nitrogens is 4. The van der Waals surface area contributed by atoms with Gasteiger partial charge in [-0.3, -0.25) is 9.48 Å². The molecule has 0 aromatic carbocycles. The van der Waals surface area contributed by atoms with E-state index in [1.165, 1.54) is 0 Å². The molecule has 0 radical (unpaired) electrons. The Hall–Kier alpha value is -2.11. The smallest absolute Gasteiger partial charge is 0.224 e. The topological polar surface area (TPSA) is 64.7 Å². The molecule has 2 heterocycles. The van der Waals surface area contributed by atoms with Crippen molar-refractivity contribution in [3.05, 3.63) is 35.7 Å². The molecule has 2 rings (SSSR count). The van der Waals surface area contributed by atoms with Crippen molar-refractivity contribution in [2.45, 2.75) is 33.2 Å². The number of rotatable bonds is 6. The first-order chi connectivity index (χ1) is 9.58. The molecule has 20 heavy (non-hydrogen) atoms. The van der Waals surface area contributed by atoms with E-state index < -0.39 is 0 Å². The molecule has 0 aliphatic heterocycles. The zero-order valence-corrected chi connectivity index (χ0v) is 12.3. The van der Waals surface area contributed by atoms with E-state index in [4.69, 9.17) is 0 Å². The molecule has 6 heteroatoms. The van der Waals surface area contributed by atoms with Gasteiger partial charge in [0.15, 0.2) is 0 Å². The predicted octanol–water partition coefficient (Wildman–Crippen LogP) is 0.982. The van der Waals surface area contributed by atoms with Crippen molar-refractivity contribution in [1.29, 1.82) is 0 Å². The first-order valence-corrected chi connectivity index (χ1v) is 6.79. The molecule has 0 spiro atoms. The van der Waals surface area contributed by atoms with Crippen molar-refractivity contribution in [3.63, 3.8) is 0 Å². The van der Waals surface area contributed by atoms with Gasteiger partial charge in [-0.25, -0.2) is 4.98 Å². The third-order valence-corrected chi connectivity index (χ3v) is 3.47. The number of hydrogen-bond acceptors (Lipinski definition) is 3. The van der Waals surface area contributed by atoms with E-state index in [1.54, 1.807) is 12.5 Å². The molecule has 0 unspecified atom stereocenters. The van der Waals surface area contributed by atoms with Crippen molar-refractivity contribution >= 4 is 5.91 Å². The fourth-order valence-corrected chi connectivity index (χ4v) is 2.20. The standard InChI is InChI=1S/C14H21N5O/c1-11-13(12(2)18(3)17-11)9-14(20)16-5-4-7-19-8-6-15-10-19/h6,8,10H,4-5,7,9H2,1-3H3,(H,16,20). The summed E-state index contributed by atoms with van der Waals surface area (Å²) in [6.07, 6.45) is 6.75. The summed E-state index contributed by atoms with van der Waals surface area (Å²) in [6, 6.07) is 0. The average molecular weight is 275 g/mol. The Balaban J connectivity index is 1.75. The van der Waals surface area contributed by atoms with Gasteiger partial charge in [-0.1, -0.05) is 0 Å². The van der Waals surface area contributed by atoms with Crippen LogP contribution in [0, 0.1) is 13.8 Å². The van der Waals surface area contributed by atoms with Crippen LogP contribution < -0.4 is 5.32 Å². The minimum atomic E-state index is 0.0508. The molecule has 0 aliphatic carbocycles. The van der Waals surface area contributed by atoms with Gasteiger partial charge in [0.05, 0.1) is 18.4 Å². The molecule has 0 saturated carbocycles. The molecule has 1 amide bonds. The lowest BCUT2D eigenvalue weighted by Gasteiger charge is -2.06. The number of hydrogen-bond donors (Lipinski definition) is 1. The molecule has 2 aromatic rings. The summed E-state index contributed by atoms with van der Waals surface area (Å²) in [6.45, 7) is 5.47. The van der Waals surface area contributed by atoms with E-state index in [2.05, 4.69) is 15.4 Å². The third kappa shape index (κ3) is 3.46. The Labute approximate surface area is 118 Å². The van der Waals surface area contributed by atoms with Crippen LogP contribution in [0.25, 0.3) is 0 Å². The summed E-state index contributed by atoms with van der Waals surface area (Å²) in [7, 11) is 1.90. The van der Waals surface area contributed by atoms with E-state index in [0.717, 1.165) is 29.9 Å². The lowest BCUT2D eigenvalue weighted by Crippen LogP contribution is -2.27. The number of nitrogens with zero attached hydrogens (tertiary/aromatic N) is 4. The number of aryl methyl sites for hydroxylation is 3. The average Bonchev–Trinajstić information content (AvgIpc) is 3.00. The number of carbonyl (C=O) groups excluding carboxylic acids is 1. The Kier molecular flexibility index (Phi) is 4.55. The largest absolute Gasteiger partial charge is 0.356 e. The molecular weight excluding hydrogens is 254 g/mol. The van der Waals surface area contributed by atoms with Crippen LogP contribution in [0.3, 0.4) is 0 Å². The second-order valence-corrected chi connectivity index (χ2v) is 4.95. The second-order valence-electron chi connectivity index (χ2n) is 4.95. The molecule has 0 atom stereocenters. The van der Waals surface area contributed by atoms with Gasteiger partial charge in [0, 0.05) is 43.8 Å². The van der Waals surface area contributed by atoms with Gasteiger partial charge in [0.2, 0.25) is 5.91 Å². The SMILES string of the molecule is Cc1nn(C)c(C)c1CC(=O)NCCCn1ccnc1. The zero-order chi connectivity index (χ0) is 14.5. The van der Waals surface area contributed by atoms with Gasteiger partial charge in [-0.05, 0) is 20.3 Å². The highest BCUT2D eigenvalue weighted by atomic mass is 16.1. The minimum Gasteiger partial charge on any atom is -0.356 e. The first kappa shape index (κ1) is 14.3.